The van der Waals surface area contributed by atoms with E-state index in [0.29, 0.717) is 60.8 Å². The molecule has 2 aromatic carbocycles. The van der Waals surface area contributed by atoms with Crippen LogP contribution in [0.1, 0.15) is 17.3 Å². The summed E-state index contributed by atoms with van der Waals surface area (Å²) in [4.78, 5) is 15.4. The molecule has 2 heterocycles. The first-order valence-corrected chi connectivity index (χ1v) is 10.9. The zero-order valence-electron chi connectivity index (χ0n) is 16.1. The molecule has 7 nitrogen and oxygen atoms in total. The maximum absolute atomic E-state index is 13.0. The molecule has 0 unspecified atom stereocenters. The van der Waals surface area contributed by atoms with E-state index in [1.54, 1.807) is 18.2 Å². The topological polar surface area (TPSA) is 88.7 Å². The molecule has 1 saturated heterocycles. The number of rotatable bonds is 6. The molecule has 1 N–H and O–H groups in total. The van der Waals surface area contributed by atoms with Crippen molar-refractivity contribution >= 4 is 27.2 Å². The summed E-state index contributed by atoms with van der Waals surface area (Å²) < 4.78 is 38.4. The summed E-state index contributed by atoms with van der Waals surface area (Å²) in [5.74, 6) is 0.658. The van der Waals surface area contributed by atoms with Crippen LogP contribution in [0.5, 0.6) is 5.75 Å². The van der Waals surface area contributed by atoms with E-state index in [9.17, 15) is 13.2 Å². The number of hydrogen-bond acceptors (Lipinski definition) is 5. The van der Waals surface area contributed by atoms with Crippen LogP contribution in [0.4, 0.5) is 0 Å². The van der Waals surface area contributed by atoms with Crippen LogP contribution >= 0.6 is 0 Å². The molecule has 152 valence electrons. The van der Waals surface area contributed by atoms with Gasteiger partial charge in [0.05, 0.1) is 30.4 Å². The molecule has 1 aliphatic rings. The first-order valence-electron chi connectivity index (χ1n) is 9.47. The van der Waals surface area contributed by atoms with E-state index in [-0.39, 0.29) is 4.90 Å². The normalized spacial score (nSPS) is 15.5. The molecule has 3 aromatic rings. The summed E-state index contributed by atoms with van der Waals surface area (Å²) in [6, 6.07) is 12.3. The largest absolute Gasteiger partial charge is 0.493 e. The van der Waals surface area contributed by atoms with Crippen molar-refractivity contribution in [2.24, 2.45) is 0 Å². The smallest absolute Gasteiger partial charge is 0.243 e. The van der Waals surface area contributed by atoms with Gasteiger partial charge in [0, 0.05) is 35.1 Å². The second-order valence-corrected chi connectivity index (χ2v) is 8.62. The summed E-state index contributed by atoms with van der Waals surface area (Å²) in [6.07, 6.45) is 0.752. The Labute approximate surface area is 169 Å². The number of nitrogens with one attached hydrogen (secondary N) is 1. The number of nitrogens with zero attached hydrogens (tertiary/aromatic N) is 1. The molecule has 0 bridgehead atoms. The van der Waals surface area contributed by atoms with E-state index in [1.165, 1.54) is 4.31 Å². The number of carbonyl (C=O) groups is 1. The zero-order chi connectivity index (χ0) is 20.4. The number of ether oxygens (including phenoxy) is 2. The minimum Gasteiger partial charge on any atom is -0.493 e. The van der Waals surface area contributed by atoms with Crippen molar-refractivity contribution in [2.45, 2.75) is 11.8 Å². The Morgan fingerprint density at radius 2 is 1.93 bits per heavy atom. The SMILES string of the molecule is CCOc1ccccc1-c1[nH]c2ccc(S(=O)(=O)N3CCOCC3)cc2c1C=O. The molecular weight excluding hydrogens is 392 g/mol. The molecule has 1 fully saturated rings. The van der Waals surface area contributed by atoms with Gasteiger partial charge in [0.1, 0.15) is 5.75 Å². The molecule has 0 aliphatic carbocycles. The molecule has 1 aromatic heterocycles. The lowest BCUT2D eigenvalue weighted by Gasteiger charge is -2.26. The first kappa shape index (κ1) is 19.6. The average molecular weight is 414 g/mol. The predicted molar refractivity (Wildman–Crippen MR) is 110 cm³/mol. The fourth-order valence-corrected chi connectivity index (χ4v) is 5.01. The van der Waals surface area contributed by atoms with E-state index in [0.717, 1.165) is 11.8 Å². The van der Waals surface area contributed by atoms with Gasteiger partial charge < -0.3 is 14.5 Å². The Kier molecular flexibility index (Phi) is 5.40. The Hall–Kier alpha value is -2.68. The number of hydrogen-bond donors (Lipinski definition) is 1. The van der Waals surface area contributed by atoms with Gasteiger partial charge in [-0.15, -0.1) is 0 Å². The minimum absolute atomic E-state index is 0.165. The highest BCUT2D eigenvalue weighted by molar-refractivity contribution is 7.89. The van der Waals surface area contributed by atoms with Crippen LogP contribution in [0.3, 0.4) is 0 Å². The van der Waals surface area contributed by atoms with Gasteiger partial charge >= 0.3 is 0 Å². The fraction of sp³-hybridized carbons (Fsp3) is 0.286. The van der Waals surface area contributed by atoms with Crippen molar-refractivity contribution in [1.29, 1.82) is 0 Å². The number of carbonyl (C=O) groups excluding carboxylic acids is 1. The zero-order valence-corrected chi connectivity index (χ0v) is 16.9. The van der Waals surface area contributed by atoms with Crippen LogP contribution in [-0.4, -0.2) is 56.9 Å². The first-order chi connectivity index (χ1) is 14.1. The van der Waals surface area contributed by atoms with Gasteiger partial charge in [-0.05, 0) is 37.3 Å². The number of aldehydes is 1. The van der Waals surface area contributed by atoms with E-state index >= 15 is 0 Å². The molecule has 29 heavy (non-hydrogen) atoms. The second-order valence-electron chi connectivity index (χ2n) is 6.68. The van der Waals surface area contributed by atoms with Crippen LogP contribution in [0.25, 0.3) is 22.2 Å². The number of para-hydroxylation sites is 1. The Morgan fingerprint density at radius 3 is 2.66 bits per heavy atom. The van der Waals surface area contributed by atoms with Crippen LogP contribution < -0.4 is 4.74 Å². The van der Waals surface area contributed by atoms with E-state index < -0.39 is 10.0 Å². The van der Waals surface area contributed by atoms with E-state index in [1.807, 2.05) is 31.2 Å². The molecule has 1 aliphatic heterocycles. The molecule has 0 spiro atoms. The Bertz CT molecular complexity index is 1150. The predicted octanol–water partition coefficient (Wildman–Crippen LogP) is 3.07. The van der Waals surface area contributed by atoms with Crippen molar-refractivity contribution < 1.29 is 22.7 Å². The van der Waals surface area contributed by atoms with Gasteiger partial charge in [-0.2, -0.15) is 4.31 Å². The highest BCUT2D eigenvalue weighted by Crippen LogP contribution is 2.36. The lowest BCUT2D eigenvalue weighted by atomic mass is 10.1. The van der Waals surface area contributed by atoms with Gasteiger partial charge in [0.2, 0.25) is 10.0 Å². The third-order valence-electron chi connectivity index (χ3n) is 4.99. The van der Waals surface area contributed by atoms with Crippen molar-refractivity contribution in [1.82, 2.24) is 9.29 Å². The van der Waals surface area contributed by atoms with Gasteiger partial charge in [-0.3, -0.25) is 4.79 Å². The third kappa shape index (κ3) is 3.55. The summed E-state index contributed by atoms with van der Waals surface area (Å²) in [6.45, 7) is 3.79. The van der Waals surface area contributed by atoms with Crippen LogP contribution in [0, 0.1) is 0 Å². The molecule has 0 saturated carbocycles. The van der Waals surface area contributed by atoms with Crippen LogP contribution in [-0.2, 0) is 14.8 Å². The fourth-order valence-electron chi connectivity index (χ4n) is 3.58. The maximum Gasteiger partial charge on any atom is 0.243 e. The number of fused-ring (bicyclic) bond motifs is 1. The lowest BCUT2D eigenvalue weighted by Crippen LogP contribution is -2.40. The number of sulfonamides is 1. The van der Waals surface area contributed by atoms with Crippen LogP contribution in [0.2, 0.25) is 0 Å². The Morgan fingerprint density at radius 1 is 1.17 bits per heavy atom. The minimum atomic E-state index is -3.65. The van der Waals surface area contributed by atoms with Crippen LogP contribution in [0.15, 0.2) is 47.4 Å². The summed E-state index contributed by atoms with van der Waals surface area (Å²) >= 11 is 0. The molecular formula is C21H22N2O5S. The summed E-state index contributed by atoms with van der Waals surface area (Å²) in [7, 11) is -3.65. The quantitative estimate of drug-likeness (QED) is 0.626. The Balaban J connectivity index is 1.84. The standard InChI is InChI=1S/C21H22N2O5S/c1-2-28-20-6-4-3-5-16(20)21-18(14-24)17-13-15(7-8-19(17)22-21)29(25,26)23-9-11-27-12-10-23/h3-8,13-14,22H,2,9-12H2,1H3. The third-order valence-corrected chi connectivity index (χ3v) is 6.89. The molecule has 0 radical (unpaired) electrons. The van der Waals surface area contributed by atoms with Gasteiger partial charge in [-0.25, -0.2) is 8.42 Å². The molecule has 0 amide bonds. The number of H-pyrrole nitrogens is 1. The second kappa shape index (κ2) is 7.98. The monoisotopic (exact) mass is 414 g/mol. The van der Waals surface area contributed by atoms with Crippen molar-refractivity contribution in [2.75, 3.05) is 32.9 Å². The highest BCUT2D eigenvalue weighted by atomic mass is 32.2. The van der Waals surface area contributed by atoms with Gasteiger partial charge in [0.15, 0.2) is 6.29 Å². The van der Waals surface area contributed by atoms with Gasteiger partial charge in [0.25, 0.3) is 0 Å². The average Bonchev–Trinajstić information content (AvgIpc) is 3.12. The number of aromatic amines is 1. The number of benzene rings is 2. The molecule has 4 rings (SSSR count). The lowest BCUT2D eigenvalue weighted by molar-refractivity contribution is 0.0730. The summed E-state index contributed by atoms with van der Waals surface area (Å²) in [5.41, 5.74) is 2.46. The van der Waals surface area contributed by atoms with E-state index in [4.69, 9.17) is 9.47 Å². The number of aromatic nitrogens is 1. The molecule has 0 atom stereocenters. The van der Waals surface area contributed by atoms with Crippen molar-refractivity contribution in [3.63, 3.8) is 0 Å². The highest BCUT2D eigenvalue weighted by Gasteiger charge is 2.27. The molecule has 8 heteroatoms. The maximum atomic E-state index is 13.0. The summed E-state index contributed by atoms with van der Waals surface area (Å²) in [5, 5.41) is 0.565. The van der Waals surface area contributed by atoms with Crippen molar-refractivity contribution in [3.8, 4) is 17.0 Å². The number of morpholine rings is 1. The van der Waals surface area contributed by atoms with E-state index in [2.05, 4.69) is 4.98 Å². The van der Waals surface area contributed by atoms with Crippen molar-refractivity contribution in [3.05, 3.63) is 48.0 Å². The van der Waals surface area contributed by atoms with Gasteiger partial charge in [-0.1, -0.05) is 12.1 Å².